The van der Waals surface area contributed by atoms with E-state index in [1.807, 2.05) is 31.2 Å². The molecule has 0 bridgehead atoms. The van der Waals surface area contributed by atoms with Crippen molar-refractivity contribution < 1.29 is 4.79 Å². The fraction of sp³-hybridized carbons (Fsp3) is 0.462. The molecule has 1 aromatic carbocycles. The van der Waals surface area contributed by atoms with E-state index in [2.05, 4.69) is 5.32 Å². The van der Waals surface area contributed by atoms with Crippen molar-refractivity contribution in [1.29, 1.82) is 0 Å². The number of carbonyl (C=O) groups is 1. The van der Waals surface area contributed by atoms with E-state index in [4.69, 9.17) is 17.3 Å². The molecule has 1 aliphatic rings. The molecule has 0 heterocycles. The average molecular weight is 253 g/mol. The number of rotatable bonds is 4. The van der Waals surface area contributed by atoms with E-state index >= 15 is 0 Å². The van der Waals surface area contributed by atoms with E-state index in [1.54, 1.807) is 0 Å². The van der Waals surface area contributed by atoms with Crippen LogP contribution in [-0.2, 0) is 11.3 Å². The molecule has 2 rings (SSSR count). The van der Waals surface area contributed by atoms with Crippen molar-refractivity contribution in [2.24, 2.45) is 11.7 Å². The number of hydrogen-bond donors (Lipinski definition) is 2. The van der Waals surface area contributed by atoms with Gasteiger partial charge in [0.1, 0.15) is 0 Å². The van der Waals surface area contributed by atoms with Crippen molar-refractivity contribution in [1.82, 2.24) is 5.32 Å². The Labute approximate surface area is 106 Å². The molecule has 1 unspecified atom stereocenters. The number of amides is 1. The molecule has 1 aromatic rings. The molecule has 0 radical (unpaired) electrons. The Bertz CT molecular complexity index is 410. The van der Waals surface area contributed by atoms with Gasteiger partial charge in [-0.05, 0) is 43.4 Å². The van der Waals surface area contributed by atoms with Crippen molar-refractivity contribution in [3.8, 4) is 0 Å². The van der Waals surface area contributed by atoms with E-state index in [9.17, 15) is 4.79 Å². The molecule has 0 saturated heterocycles. The SMILES string of the molecule is CC(N)(C(=O)NCc1ccc(Cl)cc1)C1CC1. The van der Waals surface area contributed by atoms with Crippen LogP contribution in [0.1, 0.15) is 25.3 Å². The summed E-state index contributed by atoms with van der Waals surface area (Å²) in [4.78, 5) is 11.9. The van der Waals surface area contributed by atoms with Gasteiger partial charge in [0.2, 0.25) is 5.91 Å². The first-order chi connectivity index (χ1) is 8.00. The molecule has 3 N–H and O–H groups in total. The summed E-state index contributed by atoms with van der Waals surface area (Å²) >= 11 is 5.79. The van der Waals surface area contributed by atoms with Crippen LogP contribution < -0.4 is 11.1 Å². The summed E-state index contributed by atoms with van der Waals surface area (Å²) in [6.45, 7) is 2.30. The highest BCUT2D eigenvalue weighted by Crippen LogP contribution is 2.38. The van der Waals surface area contributed by atoms with Gasteiger partial charge in [0, 0.05) is 11.6 Å². The third kappa shape index (κ3) is 2.99. The first kappa shape index (κ1) is 12.4. The average Bonchev–Trinajstić information content (AvgIpc) is 3.11. The van der Waals surface area contributed by atoms with Gasteiger partial charge >= 0.3 is 0 Å². The number of hydrogen-bond acceptors (Lipinski definition) is 2. The zero-order valence-corrected chi connectivity index (χ0v) is 10.6. The molecule has 1 amide bonds. The lowest BCUT2D eigenvalue weighted by Crippen LogP contribution is -2.53. The first-order valence-electron chi connectivity index (χ1n) is 5.82. The third-order valence-corrected chi connectivity index (χ3v) is 3.53. The molecular formula is C13H17ClN2O. The van der Waals surface area contributed by atoms with Crippen LogP contribution in [0, 0.1) is 5.92 Å². The second-order valence-corrected chi connectivity index (χ2v) is 5.30. The summed E-state index contributed by atoms with van der Waals surface area (Å²) in [6, 6.07) is 7.42. The molecule has 4 heteroatoms. The number of carbonyl (C=O) groups excluding carboxylic acids is 1. The predicted octanol–water partition coefficient (Wildman–Crippen LogP) is 2.08. The molecule has 1 saturated carbocycles. The van der Waals surface area contributed by atoms with Crippen LogP contribution in [0.2, 0.25) is 5.02 Å². The lowest BCUT2D eigenvalue weighted by molar-refractivity contribution is -0.126. The molecule has 92 valence electrons. The number of nitrogens with two attached hydrogens (primary N) is 1. The fourth-order valence-corrected chi connectivity index (χ4v) is 1.97. The van der Waals surface area contributed by atoms with Gasteiger partial charge in [-0.3, -0.25) is 4.79 Å². The summed E-state index contributed by atoms with van der Waals surface area (Å²) in [5, 5.41) is 3.57. The maximum Gasteiger partial charge on any atom is 0.240 e. The molecular weight excluding hydrogens is 236 g/mol. The van der Waals surface area contributed by atoms with Crippen LogP contribution in [0.3, 0.4) is 0 Å². The van der Waals surface area contributed by atoms with Crippen LogP contribution in [0.25, 0.3) is 0 Å². The van der Waals surface area contributed by atoms with Gasteiger partial charge in [-0.2, -0.15) is 0 Å². The van der Waals surface area contributed by atoms with Crippen molar-refractivity contribution in [2.75, 3.05) is 0 Å². The normalized spacial score (nSPS) is 18.5. The van der Waals surface area contributed by atoms with Crippen LogP contribution in [0.15, 0.2) is 24.3 Å². The van der Waals surface area contributed by atoms with E-state index < -0.39 is 5.54 Å². The first-order valence-corrected chi connectivity index (χ1v) is 6.19. The smallest absolute Gasteiger partial charge is 0.240 e. The topological polar surface area (TPSA) is 55.1 Å². The van der Waals surface area contributed by atoms with Gasteiger partial charge in [-0.1, -0.05) is 23.7 Å². The lowest BCUT2D eigenvalue weighted by Gasteiger charge is -2.23. The van der Waals surface area contributed by atoms with E-state index in [0.717, 1.165) is 18.4 Å². The van der Waals surface area contributed by atoms with Crippen LogP contribution >= 0.6 is 11.6 Å². The summed E-state index contributed by atoms with van der Waals surface area (Å²) in [6.07, 6.45) is 2.11. The summed E-state index contributed by atoms with van der Waals surface area (Å²) in [5.41, 5.74) is 6.31. The molecule has 3 nitrogen and oxygen atoms in total. The Morgan fingerprint density at radius 3 is 2.59 bits per heavy atom. The molecule has 1 atom stereocenters. The van der Waals surface area contributed by atoms with Gasteiger partial charge in [-0.25, -0.2) is 0 Å². The van der Waals surface area contributed by atoms with E-state index in [-0.39, 0.29) is 5.91 Å². The molecule has 0 aliphatic heterocycles. The predicted molar refractivity (Wildman–Crippen MR) is 68.6 cm³/mol. The second kappa shape index (κ2) is 4.67. The number of nitrogens with one attached hydrogen (secondary N) is 1. The Morgan fingerprint density at radius 2 is 2.06 bits per heavy atom. The summed E-state index contributed by atoms with van der Waals surface area (Å²) in [5.74, 6) is 0.266. The Kier molecular flexibility index (Phi) is 3.40. The lowest BCUT2D eigenvalue weighted by atomic mass is 9.96. The fourth-order valence-electron chi connectivity index (χ4n) is 1.84. The van der Waals surface area contributed by atoms with E-state index in [1.165, 1.54) is 0 Å². The zero-order chi connectivity index (χ0) is 12.5. The minimum absolute atomic E-state index is 0.0741. The zero-order valence-electron chi connectivity index (χ0n) is 9.87. The largest absolute Gasteiger partial charge is 0.350 e. The number of halogens is 1. The Hall–Kier alpha value is -1.06. The minimum atomic E-state index is -0.730. The quantitative estimate of drug-likeness (QED) is 0.862. The van der Waals surface area contributed by atoms with Crippen molar-refractivity contribution in [3.63, 3.8) is 0 Å². The van der Waals surface area contributed by atoms with Crippen LogP contribution in [-0.4, -0.2) is 11.4 Å². The number of benzene rings is 1. The minimum Gasteiger partial charge on any atom is -0.350 e. The summed E-state index contributed by atoms with van der Waals surface area (Å²) in [7, 11) is 0. The third-order valence-electron chi connectivity index (χ3n) is 3.28. The monoisotopic (exact) mass is 252 g/mol. The Balaban J connectivity index is 1.89. The van der Waals surface area contributed by atoms with Crippen molar-refractivity contribution in [2.45, 2.75) is 31.8 Å². The highest BCUT2D eigenvalue weighted by molar-refractivity contribution is 6.30. The molecule has 1 aliphatic carbocycles. The van der Waals surface area contributed by atoms with Gasteiger partial charge in [0.05, 0.1) is 5.54 Å². The van der Waals surface area contributed by atoms with Crippen LogP contribution in [0.5, 0.6) is 0 Å². The van der Waals surface area contributed by atoms with Crippen LogP contribution in [0.4, 0.5) is 0 Å². The maximum absolute atomic E-state index is 11.9. The highest BCUT2D eigenvalue weighted by Gasteiger charge is 2.43. The highest BCUT2D eigenvalue weighted by atomic mass is 35.5. The molecule has 0 spiro atoms. The van der Waals surface area contributed by atoms with E-state index in [0.29, 0.717) is 17.5 Å². The van der Waals surface area contributed by atoms with Gasteiger partial charge in [0.15, 0.2) is 0 Å². The Morgan fingerprint density at radius 1 is 1.47 bits per heavy atom. The second-order valence-electron chi connectivity index (χ2n) is 4.87. The van der Waals surface area contributed by atoms with Gasteiger partial charge in [0.25, 0.3) is 0 Å². The molecule has 17 heavy (non-hydrogen) atoms. The summed E-state index contributed by atoms with van der Waals surface area (Å²) < 4.78 is 0. The van der Waals surface area contributed by atoms with Crippen molar-refractivity contribution >= 4 is 17.5 Å². The molecule has 1 fully saturated rings. The maximum atomic E-state index is 11.9. The molecule has 0 aromatic heterocycles. The van der Waals surface area contributed by atoms with Gasteiger partial charge in [-0.15, -0.1) is 0 Å². The standard InChI is InChI=1S/C13H17ClN2O/c1-13(15,10-4-5-10)12(17)16-8-9-2-6-11(14)7-3-9/h2-3,6-7,10H,4-5,8,15H2,1H3,(H,16,17). The van der Waals surface area contributed by atoms with Crippen molar-refractivity contribution in [3.05, 3.63) is 34.9 Å². The van der Waals surface area contributed by atoms with Gasteiger partial charge < -0.3 is 11.1 Å².